The van der Waals surface area contributed by atoms with Crippen LogP contribution in [0.1, 0.15) is 58.3 Å². The Morgan fingerprint density at radius 1 is 0.974 bits per heavy atom. The molecule has 220 valence electrons. The molecule has 6 atom stereocenters. The van der Waals surface area contributed by atoms with Crippen molar-refractivity contribution in [1.29, 1.82) is 0 Å². The summed E-state index contributed by atoms with van der Waals surface area (Å²) in [5.41, 5.74) is 5.29. The van der Waals surface area contributed by atoms with Crippen LogP contribution in [-0.2, 0) is 47.8 Å². The molecular formula is C23H35N3O13. The van der Waals surface area contributed by atoms with E-state index < -0.39 is 72.3 Å². The maximum absolute atomic E-state index is 12.1. The lowest BCUT2D eigenvalue weighted by molar-refractivity contribution is -0.294. The fourth-order valence-electron chi connectivity index (χ4n) is 3.72. The molecule has 0 aromatic carbocycles. The third-order valence-electron chi connectivity index (χ3n) is 5.99. The summed E-state index contributed by atoms with van der Waals surface area (Å²) in [6.45, 7) is 1.08. The van der Waals surface area contributed by atoms with Crippen LogP contribution in [0.2, 0.25) is 0 Å². The molecule has 39 heavy (non-hydrogen) atoms. The monoisotopic (exact) mass is 561 g/mol. The highest BCUT2D eigenvalue weighted by Crippen LogP contribution is 2.21. The lowest BCUT2D eigenvalue weighted by atomic mass is 10.0. The lowest BCUT2D eigenvalue weighted by Gasteiger charge is -2.38. The minimum atomic E-state index is -1.49. The Labute approximate surface area is 223 Å². The number of nitrogens with two attached hydrogens (primary N) is 1. The van der Waals surface area contributed by atoms with Gasteiger partial charge < -0.3 is 45.4 Å². The Morgan fingerprint density at radius 2 is 1.62 bits per heavy atom. The van der Waals surface area contributed by atoms with Crippen LogP contribution in [0.15, 0.2) is 0 Å². The van der Waals surface area contributed by atoms with Crippen molar-refractivity contribution in [2.75, 3.05) is 13.2 Å². The number of carbonyl (C=O) groups is 6. The summed E-state index contributed by atoms with van der Waals surface area (Å²) in [7, 11) is 0. The van der Waals surface area contributed by atoms with E-state index in [4.69, 9.17) is 24.8 Å². The Hall–Kier alpha value is -3.18. The summed E-state index contributed by atoms with van der Waals surface area (Å²) in [5.74, 6) is -4.07. The number of hydrogen-bond acceptors (Lipinski definition) is 13. The summed E-state index contributed by atoms with van der Waals surface area (Å²) in [4.78, 5) is 75.1. The van der Waals surface area contributed by atoms with Crippen molar-refractivity contribution in [2.45, 2.75) is 95.0 Å². The van der Waals surface area contributed by atoms with Gasteiger partial charge in [-0.05, 0) is 26.2 Å². The Balaban J connectivity index is 1.60. The third-order valence-corrected chi connectivity index (χ3v) is 5.99. The molecule has 6 N–H and O–H groups in total. The molecule has 0 aromatic heterocycles. The van der Waals surface area contributed by atoms with E-state index in [0.717, 1.165) is 0 Å². The van der Waals surface area contributed by atoms with Crippen LogP contribution in [-0.4, -0.2) is 106 Å². The molecule has 0 unspecified atom stereocenters. The fraction of sp³-hybridized carbons (Fsp3) is 0.739. The van der Waals surface area contributed by atoms with Crippen molar-refractivity contribution < 1.29 is 63.1 Å². The first kappa shape index (κ1) is 32.0. The predicted molar refractivity (Wildman–Crippen MR) is 125 cm³/mol. The highest BCUT2D eigenvalue weighted by Gasteiger charge is 2.42. The maximum atomic E-state index is 12.1. The number of carbonyl (C=O) groups excluding carboxylic acids is 6. The molecule has 0 saturated carbocycles. The minimum absolute atomic E-state index is 0.0160. The van der Waals surface area contributed by atoms with E-state index in [1.807, 2.05) is 0 Å². The van der Waals surface area contributed by atoms with E-state index in [0.29, 0.717) is 5.06 Å². The van der Waals surface area contributed by atoms with Crippen LogP contribution in [0, 0.1) is 0 Å². The first-order valence-electron chi connectivity index (χ1n) is 12.5. The number of nitrogens with zero attached hydrogens (tertiary/aromatic N) is 1. The first-order valence-corrected chi connectivity index (χ1v) is 12.5. The van der Waals surface area contributed by atoms with Crippen LogP contribution in [0.25, 0.3) is 0 Å². The van der Waals surface area contributed by atoms with Gasteiger partial charge >= 0.3 is 11.9 Å². The van der Waals surface area contributed by atoms with Crippen LogP contribution in [0.5, 0.6) is 0 Å². The average molecular weight is 562 g/mol. The third kappa shape index (κ3) is 10.1. The summed E-state index contributed by atoms with van der Waals surface area (Å²) < 4.78 is 15.5. The van der Waals surface area contributed by atoms with Crippen molar-refractivity contribution >= 4 is 35.6 Å². The molecule has 4 amide bonds. The van der Waals surface area contributed by atoms with Crippen molar-refractivity contribution in [3.05, 3.63) is 0 Å². The standard InChI is InChI=1S/C23H35N3O13/c1-12-19(32)20(33)21(34)23(38-12)37-11-10-36-17(30)9-6-13(22(24)35)25-14(27)4-2-3-5-18(31)39-26-15(28)7-8-16(26)29/h12-13,19-21,23,32-34H,2-11H2,1H3,(H2,24,35)(H,25,27)/t12-,13-,19+,20+,21-,23+/m0/s1. The zero-order valence-electron chi connectivity index (χ0n) is 21.5. The molecule has 0 spiro atoms. The number of nitrogens with one attached hydrogen (secondary N) is 1. The number of hydrogen-bond donors (Lipinski definition) is 5. The summed E-state index contributed by atoms with van der Waals surface area (Å²) in [6.07, 6.45) is -6.38. The quantitative estimate of drug-likeness (QED) is 0.0777. The number of rotatable bonds is 15. The van der Waals surface area contributed by atoms with Gasteiger partial charge in [-0.25, -0.2) is 4.79 Å². The highest BCUT2D eigenvalue weighted by atomic mass is 16.7. The molecule has 0 aliphatic carbocycles. The molecule has 0 aromatic rings. The van der Waals surface area contributed by atoms with Gasteiger partial charge in [0.05, 0.1) is 12.7 Å². The van der Waals surface area contributed by atoms with Gasteiger partial charge in [0.25, 0.3) is 11.8 Å². The van der Waals surface area contributed by atoms with Gasteiger partial charge in [0.1, 0.15) is 31.0 Å². The van der Waals surface area contributed by atoms with Crippen molar-refractivity contribution in [1.82, 2.24) is 10.4 Å². The minimum Gasteiger partial charge on any atom is -0.463 e. The zero-order valence-corrected chi connectivity index (χ0v) is 21.5. The molecule has 2 saturated heterocycles. The number of unbranched alkanes of at least 4 members (excludes halogenated alkanes) is 1. The molecule has 2 aliphatic heterocycles. The van der Waals surface area contributed by atoms with Gasteiger partial charge in [-0.3, -0.25) is 24.0 Å². The Morgan fingerprint density at radius 3 is 2.26 bits per heavy atom. The molecule has 0 bridgehead atoms. The molecular weight excluding hydrogens is 526 g/mol. The second kappa shape index (κ2) is 15.4. The second-order valence-electron chi connectivity index (χ2n) is 9.09. The number of esters is 1. The zero-order chi connectivity index (χ0) is 29.1. The average Bonchev–Trinajstić information content (AvgIpc) is 3.20. The molecule has 2 heterocycles. The molecule has 16 nitrogen and oxygen atoms in total. The van der Waals surface area contributed by atoms with Crippen molar-refractivity contribution in [3.8, 4) is 0 Å². The number of ether oxygens (including phenoxy) is 3. The van der Waals surface area contributed by atoms with Crippen molar-refractivity contribution in [2.24, 2.45) is 5.73 Å². The summed E-state index contributed by atoms with van der Waals surface area (Å²) in [5, 5.41) is 32.1. The van der Waals surface area contributed by atoms with E-state index in [1.54, 1.807) is 0 Å². The number of primary amides is 1. The van der Waals surface area contributed by atoms with Crippen LogP contribution in [0.4, 0.5) is 0 Å². The highest BCUT2D eigenvalue weighted by molar-refractivity contribution is 6.01. The largest absolute Gasteiger partial charge is 0.463 e. The Kier molecular flexibility index (Phi) is 12.7. The molecule has 16 heteroatoms. The van der Waals surface area contributed by atoms with E-state index in [-0.39, 0.29) is 64.6 Å². The van der Waals surface area contributed by atoms with Crippen LogP contribution < -0.4 is 11.1 Å². The maximum Gasteiger partial charge on any atom is 0.333 e. The number of imide groups is 1. The number of aliphatic hydroxyl groups is 3. The van der Waals surface area contributed by atoms with Gasteiger partial charge in [-0.15, -0.1) is 5.06 Å². The van der Waals surface area contributed by atoms with Gasteiger partial charge in [-0.1, -0.05) is 0 Å². The van der Waals surface area contributed by atoms with Gasteiger partial charge in [0.2, 0.25) is 11.8 Å². The first-order chi connectivity index (χ1) is 18.4. The predicted octanol–water partition coefficient (Wildman–Crippen LogP) is -2.71. The Bertz CT molecular complexity index is 898. The summed E-state index contributed by atoms with van der Waals surface area (Å²) in [6, 6.07) is -1.14. The molecule has 2 fully saturated rings. The molecule has 2 aliphatic rings. The molecule has 0 radical (unpaired) electrons. The van der Waals surface area contributed by atoms with Crippen LogP contribution >= 0.6 is 0 Å². The number of aliphatic hydroxyl groups excluding tert-OH is 3. The van der Waals surface area contributed by atoms with Gasteiger partial charge in [0, 0.05) is 32.1 Å². The normalized spacial score (nSPS) is 25.7. The second-order valence-corrected chi connectivity index (χ2v) is 9.09. The lowest BCUT2D eigenvalue weighted by Crippen LogP contribution is -2.57. The number of hydroxylamine groups is 2. The van der Waals surface area contributed by atoms with Crippen molar-refractivity contribution in [3.63, 3.8) is 0 Å². The van der Waals surface area contributed by atoms with E-state index in [2.05, 4.69) is 5.32 Å². The topological polar surface area (TPSA) is 241 Å². The van der Waals surface area contributed by atoms with E-state index in [1.165, 1.54) is 6.92 Å². The SMILES string of the molecule is C[C@@H]1O[C@@H](OCCOC(=O)CC[C@H](NC(=O)CCCCC(=O)ON2C(=O)CCC2=O)C(N)=O)[C@@H](O)[C@H](O)[C@@H]1O. The van der Waals surface area contributed by atoms with E-state index in [9.17, 15) is 44.1 Å². The summed E-state index contributed by atoms with van der Waals surface area (Å²) >= 11 is 0. The van der Waals surface area contributed by atoms with Crippen LogP contribution in [0.3, 0.4) is 0 Å². The smallest absolute Gasteiger partial charge is 0.333 e. The van der Waals surface area contributed by atoms with Gasteiger partial charge in [0.15, 0.2) is 6.29 Å². The van der Waals surface area contributed by atoms with E-state index >= 15 is 0 Å². The van der Waals surface area contributed by atoms with Gasteiger partial charge in [-0.2, -0.15) is 0 Å². The molecule has 2 rings (SSSR count). The fourth-order valence-corrected chi connectivity index (χ4v) is 3.72. The number of amides is 4.